The number of hydrogen-bond donors (Lipinski definition) is 2. The van der Waals surface area contributed by atoms with Gasteiger partial charge in [-0.3, -0.25) is 0 Å². The molecule has 2 fully saturated rings. The van der Waals surface area contributed by atoms with Crippen molar-refractivity contribution in [3.05, 3.63) is 48.8 Å². The Morgan fingerprint density at radius 2 is 1.14 bits per heavy atom. The number of aliphatic hydroxyl groups is 2. The maximum Gasteiger partial charge on any atom is 0.106 e. The van der Waals surface area contributed by atoms with Crippen LogP contribution < -0.4 is 0 Å². The summed E-state index contributed by atoms with van der Waals surface area (Å²) in [6.45, 7) is 0. The van der Waals surface area contributed by atoms with E-state index in [0.717, 1.165) is 48.6 Å². The van der Waals surface area contributed by atoms with Gasteiger partial charge >= 0.3 is 0 Å². The molecular weight excluding hydrogens is 429 g/mol. The zero-order chi connectivity index (χ0) is 19.6. The molecule has 2 N–H and O–H groups in total. The van der Waals surface area contributed by atoms with Gasteiger partial charge < -0.3 is 10.2 Å². The van der Waals surface area contributed by atoms with Crippen molar-refractivity contribution in [3.63, 3.8) is 0 Å². The van der Waals surface area contributed by atoms with Crippen molar-refractivity contribution in [2.75, 3.05) is 0 Å². The van der Waals surface area contributed by atoms with Crippen LogP contribution in [0, 0.1) is 0 Å². The molecule has 0 unspecified atom stereocenters. The first-order chi connectivity index (χ1) is 13.7. The number of nitrogens with zero attached hydrogens (tertiary/aromatic N) is 2. The largest absolute Gasteiger partial charge is 0.392 e. The highest BCUT2D eigenvalue weighted by atomic mass is 33.1. The second-order valence-corrected chi connectivity index (χ2v) is 11.7. The predicted octanol–water partition coefficient (Wildman–Crippen LogP) is 5.47. The zero-order valence-corrected chi connectivity index (χ0v) is 18.9. The highest BCUT2D eigenvalue weighted by Crippen LogP contribution is 2.41. The standard InChI is InChI=1S/2C10H13NOS2/c2*12-8-4-3-5-9(8)13-14-10-6-1-2-7-11-10/h2*1-2,6-9,12H,3-5H2/t2*8-,9-/m10/s1. The van der Waals surface area contributed by atoms with E-state index in [1.807, 2.05) is 36.4 Å². The van der Waals surface area contributed by atoms with E-state index in [2.05, 4.69) is 9.97 Å². The van der Waals surface area contributed by atoms with Crippen molar-refractivity contribution in [3.8, 4) is 0 Å². The summed E-state index contributed by atoms with van der Waals surface area (Å²) in [7, 11) is 6.83. The van der Waals surface area contributed by atoms with Gasteiger partial charge in [-0.05, 0) is 84.4 Å². The van der Waals surface area contributed by atoms with Gasteiger partial charge in [0.2, 0.25) is 0 Å². The molecule has 0 spiro atoms. The lowest BCUT2D eigenvalue weighted by Crippen LogP contribution is -2.13. The van der Waals surface area contributed by atoms with Crippen molar-refractivity contribution in [2.45, 2.75) is 71.3 Å². The maximum atomic E-state index is 9.61. The number of pyridine rings is 2. The van der Waals surface area contributed by atoms with Gasteiger partial charge in [-0.25, -0.2) is 9.97 Å². The van der Waals surface area contributed by atoms with Gasteiger partial charge in [0.15, 0.2) is 0 Å². The molecule has 8 heteroatoms. The van der Waals surface area contributed by atoms with Gasteiger partial charge in [-0.15, -0.1) is 0 Å². The van der Waals surface area contributed by atoms with Gasteiger partial charge in [-0.1, -0.05) is 33.7 Å². The number of aromatic nitrogens is 2. The Kier molecular flexibility index (Phi) is 9.84. The molecule has 2 aliphatic carbocycles. The fraction of sp³-hybridized carbons (Fsp3) is 0.500. The van der Waals surface area contributed by atoms with Crippen LogP contribution in [0.25, 0.3) is 0 Å². The van der Waals surface area contributed by atoms with Crippen LogP contribution in [0.3, 0.4) is 0 Å². The molecule has 2 heterocycles. The fourth-order valence-corrected chi connectivity index (χ4v) is 8.30. The van der Waals surface area contributed by atoms with E-state index in [1.165, 1.54) is 0 Å². The first-order valence-electron chi connectivity index (χ1n) is 9.57. The van der Waals surface area contributed by atoms with E-state index in [-0.39, 0.29) is 12.2 Å². The average Bonchev–Trinajstić information content (AvgIpc) is 3.34. The van der Waals surface area contributed by atoms with Gasteiger partial charge in [-0.2, -0.15) is 0 Å². The van der Waals surface area contributed by atoms with Crippen LogP contribution in [-0.4, -0.2) is 42.9 Å². The number of hydrogen-bond acceptors (Lipinski definition) is 8. The van der Waals surface area contributed by atoms with Crippen LogP contribution in [0.15, 0.2) is 58.8 Å². The van der Waals surface area contributed by atoms with Crippen molar-refractivity contribution in [1.29, 1.82) is 0 Å². The Bertz CT molecular complexity index is 621. The summed E-state index contributed by atoms with van der Waals surface area (Å²) in [4.78, 5) is 8.45. The highest BCUT2D eigenvalue weighted by Gasteiger charge is 2.26. The van der Waals surface area contributed by atoms with E-state index >= 15 is 0 Å². The molecule has 0 saturated heterocycles. The second kappa shape index (κ2) is 12.3. The van der Waals surface area contributed by atoms with Crippen LogP contribution in [0.4, 0.5) is 0 Å². The first-order valence-corrected chi connectivity index (χ1v) is 14.0. The molecule has 0 radical (unpaired) electrons. The Balaban J connectivity index is 0.000000161. The highest BCUT2D eigenvalue weighted by molar-refractivity contribution is 8.77. The minimum absolute atomic E-state index is 0.115. The fourth-order valence-electron chi connectivity index (χ4n) is 3.05. The molecule has 4 rings (SSSR count). The van der Waals surface area contributed by atoms with Gasteiger partial charge in [0.1, 0.15) is 10.1 Å². The van der Waals surface area contributed by atoms with E-state index in [0.29, 0.717) is 10.5 Å². The lowest BCUT2D eigenvalue weighted by atomic mass is 10.3. The van der Waals surface area contributed by atoms with E-state index in [1.54, 1.807) is 55.6 Å². The predicted molar refractivity (Wildman–Crippen MR) is 123 cm³/mol. The van der Waals surface area contributed by atoms with Crippen LogP contribution in [-0.2, 0) is 0 Å². The van der Waals surface area contributed by atoms with Crippen molar-refractivity contribution in [2.24, 2.45) is 0 Å². The lowest BCUT2D eigenvalue weighted by Gasteiger charge is -2.11. The minimum Gasteiger partial charge on any atom is -0.392 e. The summed E-state index contributed by atoms with van der Waals surface area (Å²) in [6.07, 6.45) is 9.86. The molecule has 28 heavy (non-hydrogen) atoms. The smallest absolute Gasteiger partial charge is 0.106 e. The monoisotopic (exact) mass is 454 g/mol. The quantitative estimate of drug-likeness (QED) is 0.557. The normalized spacial score (nSPS) is 26.6. The summed E-state index contributed by atoms with van der Waals surface area (Å²) in [5.41, 5.74) is 0. The Hall–Kier alpha value is -0.380. The Labute approximate surface area is 182 Å². The topological polar surface area (TPSA) is 66.2 Å². The summed E-state index contributed by atoms with van der Waals surface area (Å²) in [5, 5.41) is 22.1. The molecule has 4 atom stereocenters. The van der Waals surface area contributed by atoms with Crippen LogP contribution in [0.2, 0.25) is 0 Å². The van der Waals surface area contributed by atoms with Crippen molar-refractivity contribution < 1.29 is 10.2 Å². The zero-order valence-electron chi connectivity index (χ0n) is 15.6. The number of rotatable bonds is 6. The molecule has 0 bridgehead atoms. The molecule has 4 nitrogen and oxygen atoms in total. The maximum absolute atomic E-state index is 9.61. The van der Waals surface area contributed by atoms with E-state index in [4.69, 9.17) is 0 Å². The minimum atomic E-state index is -0.115. The van der Waals surface area contributed by atoms with Crippen molar-refractivity contribution in [1.82, 2.24) is 9.97 Å². The molecule has 0 aromatic carbocycles. The third-order valence-corrected chi connectivity index (χ3v) is 10.3. The van der Waals surface area contributed by atoms with E-state index in [9.17, 15) is 10.2 Å². The average molecular weight is 455 g/mol. The van der Waals surface area contributed by atoms with Gasteiger partial charge in [0.25, 0.3) is 0 Å². The second-order valence-electron chi connectivity index (χ2n) is 6.77. The molecule has 2 aromatic rings. The molecular formula is C20H26N2O2S4. The summed E-state index contributed by atoms with van der Waals surface area (Å²) in [5.74, 6) is 0. The third kappa shape index (κ3) is 7.46. The third-order valence-electron chi connectivity index (χ3n) is 4.63. The summed E-state index contributed by atoms with van der Waals surface area (Å²) < 4.78 is 0. The lowest BCUT2D eigenvalue weighted by molar-refractivity contribution is 0.188. The summed E-state index contributed by atoms with van der Waals surface area (Å²) >= 11 is 0. The van der Waals surface area contributed by atoms with Crippen LogP contribution in [0.1, 0.15) is 38.5 Å². The SMILES string of the molecule is O[C@@H]1CCC[C@H]1SSc1ccccn1.O[C@H]1CCC[C@@H]1SSc1ccccn1. The molecule has 2 aromatic heterocycles. The molecule has 0 aliphatic heterocycles. The Morgan fingerprint density at radius 1 is 0.679 bits per heavy atom. The van der Waals surface area contributed by atoms with Gasteiger partial charge in [0, 0.05) is 22.9 Å². The van der Waals surface area contributed by atoms with E-state index < -0.39 is 0 Å². The molecule has 0 amide bonds. The van der Waals surface area contributed by atoms with Crippen molar-refractivity contribution >= 4 is 43.2 Å². The number of aliphatic hydroxyl groups excluding tert-OH is 2. The molecule has 152 valence electrons. The first kappa shape index (κ1) is 22.3. The van der Waals surface area contributed by atoms with Crippen LogP contribution in [0.5, 0.6) is 0 Å². The Morgan fingerprint density at radius 3 is 1.46 bits per heavy atom. The van der Waals surface area contributed by atoms with Gasteiger partial charge in [0.05, 0.1) is 12.2 Å². The molecule has 2 aliphatic rings. The molecule has 2 saturated carbocycles. The summed E-state index contributed by atoms with van der Waals surface area (Å²) in [6, 6.07) is 11.8. The van der Waals surface area contributed by atoms with Crippen LogP contribution >= 0.6 is 43.2 Å².